The van der Waals surface area contributed by atoms with Crippen molar-refractivity contribution in [1.29, 1.82) is 0 Å². The van der Waals surface area contributed by atoms with E-state index in [2.05, 4.69) is 41.5 Å². The Morgan fingerprint density at radius 3 is 2.12 bits per heavy atom. The van der Waals surface area contributed by atoms with E-state index in [0.29, 0.717) is 23.7 Å². The minimum atomic E-state index is -0.617. The molecule has 0 N–H and O–H groups in total. The molecule has 4 nitrogen and oxygen atoms in total. The Kier molecular flexibility index (Phi) is 2.99. The van der Waals surface area contributed by atoms with Gasteiger partial charge in [-0.25, -0.2) is 0 Å². The van der Waals surface area contributed by atoms with Crippen molar-refractivity contribution in [2.75, 3.05) is 0 Å². The first-order chi connectivity index (χ1) is 10.9. The second kappa shape index (κ2) is 4.37. The largest absolute Gasteiger partial charge is 0.458 e. The average Bonchev–Trinajstić information content (AvgIpc) is 2.72. The van der Waals surface area contributed by atoms with Gasteiger partial charge < -0.3 is 9.47 Å². The number of ether oxygens (including phenoxy) is 2. The normalized spacial score (nSPS) is 42.8. The maximum absolute atomic E-state index is 13.3. The fraction of sp³-hybridized carbons (Fsp3) is 0.900. The van der Waals surface area contributed by atoms with Crippen LogP contribution in [-0.4, -0.2) is 24.1 Å². The van der Waals surface area contributed by atoms with Gasteiger partial charge in [0.1, 0.15) is 12.2 Å². The topological polar surface area (TPSA) is 52.6 Å². The summed E-state index contributed by atoms with van der Waals surface area (Å²) in [4.78, 5) is 25.3. The van der Waals surface area contributed by atoms with Crippen molar-refractivity contribution >= 4 is 11.9 Å². The van der Waals surface area contributed by atoms with Crippen LogP contribution in [-0.2, 0) is 19.1 Å². The molecular formula is C20H30O4. The second-order valence-corrected chi connectivity index (χ2v) is 10.6. The van der Waals surface area contributed by atoms with Crippen LogP contribution in [0.1, 0.15) is 54.9 Å². The Hall–Kier alpha value is -1.06. The average molecular weight is 334 g/mol. The van der Waals surface area contributed by atoms with Crippen LogP contribution in [0, 0.1) is 45.8 Å². The molecule has 4 fully saturated rings. The van der Waals surface area contributed by atoms with E-state index >= 15 is 0 Å². The molecule has 24 heavy (non-hydrogen) atoms. The number of hydrogen-bond acceptors (Lipinski definition) is 4. The lowest BCUT2D eigenvalue weighted by molar-refractivity contribution is -0.187. The van der Waals surface area contributed by atoms with Gasteiger partial charge in [0.05, 0.1) is 11.3 Å². The number of esters is 2. The Morgan fingerprint density at radius 1 is 1.00 bits per heavy atom. The Bertz CT molecular complexity index is 594. The van der Waals surface area contributed by atoms with Gasteiger partial charge in [-0.2, -0.15) is 0 Å². The van der Waals surface area contributed by atoms with Crippen LogP contribution < -0.4 is 0 Å². The predicted molar refractivity (Wildman–Crippen MR) is 88.8 cm³/mol. The lowest BCUT2D eigenvalue weighted by Crippen LogP contribution is -2.52. The molecule has 134 valence electrons. The maximum atomic E-state index is 13.3. The van der Waals surface area contributed by atoms with E-state index in [-0.39, 0.29) is 40.9 Å². The predicted octanol–water partition coefficient (Wildman–Crippen LogP) is 3.43. The maximum Gasteiger partial charge on any atom is 0.313 e. The molecule has 0 aromatic rings. The van der Waals surface area contributed by atoms with Crippen LogP contribution in [0.4, 0.5) is 0 Å². The van der Waals surface area contributed by atoms with Crippen molar-refractivity contribution in [2.24, 2.45) is 45.8 Å². The Morgan fingerprint density at radius 2 is 1.58 bits per heavy atom. The molecule has 0 radical (unpaired) electrons. The summed E-state index contributed by atoms with van der Waals surface area (Å²) >= 11 is 0. The molecule has 4 aliphatic rings. The number of carbonyl (C=O) groups is 2. The second-order valence-electron chi connectivity index (χ2n) is 10.6. The van der Waals surface area contributed by atoms with Crippen molar-refractivity contribution in [3.63, 3.8) is 0 Å². The van der Waals surface area contributed by atoms with Crippen LogP contribution in [0.15, 0.2) is 0 Å². The summed E-state index contributed by atoms with van der Waals surface area (Å²) in [5, 5.41) is 0. The van der Waals surface area contributed by atoms with E-state index in [0.717, 1.165) is 6.42 Å². The molecule has 0 bridgehead atoms. The van der Waals surface area contributed by atoms with Gasteiger partial charge >= 0.3 is 11.9 Å². The zero-order valence-corrected chi connectivity index (χ0v) is 15.9. The van der Waals surface area contributed by atoms with E-state index in [1.165, 1.54) is 0 Å². The zero-order chi connectivity index (χ0) is 17.8. The van der Waals surface area contributed by atoms with Gasteiger partial charge in [0.2, 0.25) is 0 Å². The highest BCUT2D eigenvalue weighted by Crippen LogP contribution is 2.73. The standard InChI is InChI=1S/C20H30O4/c1-18(2,3)20(7,19(4,5)6)17(22)24-15-12-9-8-10-13(11(9)12)14(15)23-16(10)21/h9-15H,8H2,1-7H3. The molecule has 3 saturated carbocycles. The molecule has 0 spiro atoms. The lowest BCUT2D eigenvalue weighted by atomic mass is 9.55. The fourth-order valence-electron chi connectivity index (χ4n) is 6.10. The molecule has 1 aliphatic heterocycles. The Labute approximate surface area is 144 Å². The highest BCUT2D eigenvalue weighted by Gasteiger charge is 2.79. The summed E-state index contributed by atoms with van der Waals surface area (Å²) in [5.74, 6) is 1.74. The van der Waals surface area contributed by atoms with Gasteiger partial charge in [-0.1, -0.05) is 41.5 Å². The SMILES string of the molecule is CC(C)(C)C(C)(C(=O)OC1C2OC(=O)C3CC4C1C4C32)C(C)(C)C. The van der Waals surface area contributed by atoms with Crippen molar-refractivity contribution < 1.29 is 19.1 Å². The smallest absolute Gasteiger partial charge is 0.313 e. The summed E-state index contributed by atoms with van der Waals surface area (Å²) < 4.78 is 11.7. The van der Waals surface area contributed by atoms with Gasteiger partial charge in [0.15, 0.2) is 0 Å². The highest BCUT2D eigenvalue weighted by molar-refractivity contribution is 5.80. The summed E-state index contributed by atoms with van der Waals surface area (Å²) in [6.45, 7) is 14.6. The summed E-state index contributed by atoms with van der Waals surface area (Å²) in [7, 11) is 0. The zero-order valence-electron chi connectivity index (χ0n) is 15.9. The number of hydrogen-bond donors (Lipinski definition) is 0. The van der Waals surface area contributed by atoms with Crippen LogP contribution in [0.3, 0.4) is 0 Å². The molecule has 4 heteroatoms. The summed E-state index contributed by atoms with van der Waals surface area (Å²) in [6.07, 6.45) is 0.529. The van der Waals surface area contributed by atoms with E-state index in [9.17, 15) is 9.59 Å². The van der Waals surface area contributed by atoms with Gasteiger partial charge in [0, 0.05) is 11.8 Å². The first kappa shape index (κ1) is 16.4. The van der Waals surface area contributed by atoms with Crippen molar-refractivity contribution in [3.8, 4) is 0 Å². The van der Waals surface area contributed by atoms with Crippen LogP contribution in [0.25, 0.3) is 0 Å². The number of fused-ring (bicyclic) bond motifs is 1. The van der Waals surface area contributed by atoms with Gasteiger partial charge in [-0.3, -0.25) is 9.59 Å². The lowest BCUT2D eigenvalue weighted by Gasteiger charge is -2.49. The molecular weight excluding hydrogens is 304 g/mol. The monoisotopic (exact) mass is 334 g/mol. The van der Waals surface area contributed by atoms with E-state index in [1.54, 1.807) is 0 Å². The van der Waals surface area contributed by atoms with E-state index in [4.69, 9.17) is 9.47 Å². The molecule has 3 aliphatic carbocycles. The van der Waals surface area contributed by atoms with Crippen molar-refractivity contribution in [2.45, 2.75) is 67.1 Å². The molecule has 1 heterocycles. The third-order valence-electron chi connectivity index (χ3n) is 8.02. The van der Waals surface area contributed by atoms with Crippen LogP contribution in [0.5, 0.6) is 0 Å². The molecule has 7 unspecified atom stereocenters. The third-order valence-corrected chi connectivity index (χ3v) is 8.02. The third kappa shape index (κ3) is 1.75. The van der Waals surface area contributed by atoms with Crippen molar-refractivity contribution in [3.05, 3.63) is 0 Å². The number of carbonyl (C=O) groups excluding carboxylic acids is 2. The van der Waals surface area contributed by atoms with Crippen molar-refractivity contribution in [1.82, 2.24) is 0 Å². The minimum absolute atomic E-state index is 0.0638. The molecule has 0 amide bonds. The number of rotatable bonds is 2. The van der Waals surface area contributed by atoms with Crippen LogP contribution >= 0.6 is 0 Å². The summed E-state index contributed by atoms with van der Waals surface area (Å²) in [6, 6.07) is 0. The van der Waals surface area contributed by atoms with E-state index < -0.39 is 5.41 Å². The first-order valence-electron chi connectivity index (χ1n) is 9.31. The van der Waals surface area contributed by atoms with Crippen LogP contribution in [0.2, 0.25) is 0 Å². The van der Waals surface area contributed by atoms with Gasteiger partial charge in [0.25, 0.3) is 0 Å². The van der Waals surface area contributed by atoms with E-state index in [1.807, 2.05) is 6.92 Å². The fourth-order valence-corrected chi connectivity index (χ4v) is 6.10. The minimum Gasteiger partial charge on any atom is -0.458 e. The Balaban J connectivity index is 1.60. The molecule has 1 saturated heterocycles. The van der Waals surface area contributed by atoms with Gasteiger partial charge in [-0.15, -0.1) is 0 Å². The first-order valence-corrected chi connectivity index (χ1v) is 9.31. The molecule has 4 rings (SSSR count). The molecule has 0 aromatic heterocycles. The highest BCUT2D eigenvalue weighted by atomic mass is 16.6. The molecule has 7 atom stereocenters. The quantitative estimate of drug-likeness (QED) is 0.726. The van der Waals surface area contributed by atoms with Gasteiger partial charge in [-0.05, 0) is 36.0 Å². The summed E-state index contributed by atoms with van der Waals surface area (Å²) in [5.41, 5.74) is -1.07. The molecule has 0 aromatic carbocycles.